The summed E-state index contributed by atoms with van der Waals surface area (Å²) in [5.74, 6) is 1.15. The monoisotopic (exact) mass is 478 g/mol. The molecule has 0 radical (unpaired) electrons. The number of amidine groups is 1. The molecule has 1 unspecified atom stereocenters. The van der Waals surface area contributed by atoms with Gasteiger partial charge in [0.2, 0.25) is 5.72 Å². The minimum Gasteiger partial charge on any atom is -0.495 e. The normalized spacial score (nSPS) is 17.6. The van der Waals surface area contributed by atoms with Crippen LogP contribution in [0.3, 0.4) is 0 Å². The first-order chi connectivity index (χ1) is 16.9. The predicted octanol–water partition coefficient (Wildman–Crippen LogP) is 5.29. The molecule has 0 spiro atoms. The summed E-state index contributed by atoms with van der Waals surface area (Å²) in [6.07, 6.45) is 9.44. The van der Waals surface area contributed by atoms with Gasteiger partial charge in [-0.2, -0.15) is 0 Å². The maximum absolute atomic E-state index is 13.5. The van der Waals surface area contributed by atoms with Crippen LogP contribution in [0.25, 0.3) is 11.8 Å². The zero-order chi connectivity index (χ0) is 24.8. The lowest BCUT2D eigenvalue weighted by molar-refractivity contribution is -0.0908. The van der Waals surface area contributed by atoms with E-state index in [0.29, 0.717) is 19.0 Å². The molecule has 0 fully saturated rings. The van der Waals surface area contributed by atoms with E-state index in [2.05, 4.69) is 15.0 Å². The molecular weight excluding hydrogens is 447 g/mol. The molecule has 1 atom stereocenters. The molecule has 4 rings (SSSR count). The summed E-state index contributed by atoms with van der Waals surface area (Å²) in [6.45, 7) is 5.30. The van der Waals surface area contributed by atoms with Crippen LogP contribution in [0.5, 0.6) is 5.75 Å². The Labute approximate surface area is 205 Å². The SMILES string of the molecule is COCCCCN1C(C=Cc2ccc(-n3cnc(C)c3)c(OC)c2)=NOC1(C)c1ccc(F)cc1. The highest BCUT2D eigenvalue weighted by Gasteiger charge is 2.42. The van der Waals surface area contributed by atoms with Crippen LogP contribution in [-0.4, -0.2) is 47.7 Å². The lowest BCUT2D eigenvalue weighted by Crippen LogP contribution is -2.44. The standard InChI is InChI=1S/C27H31FN4O3/c1-20-18-31(19-29-20)24-13-7-21(17-25(24)34-4)8-14-26-30-35-27(2,22-9-11-23(28)12-10-22)32(26)15-5-6-16-33-3/h7-14,17-19H,5-6,15-16H2,1-4H3. The molecule has 7 nitrogen and oxygen atoms in total. The summed E-state index contributed by atoms with van der Waals surface area (Å²) in [6, 6.07) is 12.3. The Morgan fingerprint density at radius 2 is 1.89 bits per heavy atom. The number of benzene rings is 2. The highest BCUT2D eigenvalue weighted by Crippen LogP contribution is 2.36. The van der Waals surface area contributed by atoms with Crippen molar-refractivity contribution in [2.24, 2.45) is 5.16 Å². The van der Waals surface area contributed by atoms with Crippen LogP contribution in [0.15, 0.2) is 66.2 Å². The smallest absolute Gasteiger partial charge is 0.234 e. The summed E-state index contributed by atoms with van der Waals surface area (Å²) >= 11 is 0. The van der Waals surface area contributed by atoms with E-state index in [1.165, 1.54) is 12.1 Å². The topological polar surface area (TPSA) is 61.1 Å². The molecular formula is C27H31FN4O3. The molecule has 1 aliphatic heterocycles. The van der Waals surface area contributed by atoms with E-state index < -0.39 is 5.72 Å². The number of halogens is 1. The van der Waals surface area contributed by atoms with Gasteiger partial charge < -0.3 is 23.8 Å². The first-order valence-electron chi connectivity index (χ1n) is 11.6. The number of aromatic nitrogens is 2. The maximum atomic E-state index is 13.5. The number of aryl methyl sites for hydroxylation is 1. The van der Waals surface area contributed by atoms with Gasteiger partial charge in [-0.05, 0) is 55.7 Å². The summed E-state index contributed by atoms with van der Waals surface area (Å²) in [7, 11) is 3.35. The van der Waals surface area contributed by atoms with Gasteiger partial charge in [0.05, 0.1) is 24.8 Å². The summed E-state index contributed by atoms with van der Waals surface area (Å²) < 4.78 is 26.3. The number of hydrogen-bond donors (Lipinski definition) is 0. The van der Waals surface area contributed by atoms with Crippen molar-refractivity contribution in [3.05, 3.63) is 83.7 Å². The Balaban J connectivity index is 1.57. The Hall–Kier alpha value is -3.65. The quantitative estimate of drug-likeness (QED) is 0.371. The van der Waals surface area contributed by atoms with Crippen LogP contribution >= 0.6 is 0 Å². The second-order valence-electron chi connectivity index (χ2n) is 8.57. The minimum absolute atomic E-state index is 0.286. The van der Waals surface area contributed by atoms with Gasteiger partial charge >= 0.3 is 0 Å². The van der Waals surface area contributed by atoms with Gasteiger partial charge in [-0.15, -0.1) is 0 Å². The molecule has 0 saturated carbocycles. The molecule has 1 aromatic heterocycles. The van der Waals surface area contributed by atoms with Crippen molar-refractivity contribution in [2.45, 2.75) is 32.4 Å². The van der Waals surface area contributed by atoms with Crippen molar-refractivity contribution in [3.8, 4) is 11.4 Å². The molecule has 35 heavy (non-hydrogen) atoms. The zero-order valence-electron chi connectivity index (χ0n) is 20.6. The highest BCUT2D eigenvalue weighted by molar-refractivity contribution is 5.97. The molecule has 0 aliphatic carbocycles. The molecule has 2 aromatic carbocycles. The highest BCUT2D eigenvalue weighted by atomic mass is 19.1. The second kappa shape index (κ2) is 10.7. The minimum atomic E-state index is -0.832. The van der Waals surface area contributed by atoms with E-state index in [4.69, 9.17) is 14.3 Å². The van der Waals surface area contributed by atoms with Crippen LogP contribution in [0.1, 0.15) is 36.6 Å². The van der Waals surface area contributed by atoms with Crippen molar-refractivity contribution in [1.29, 1.82) is 0 Å². The van der Waals surface area contributed by atoms with Crippen molar-refractivity contribution in [1.82, 2.24) is 14.5 Å². The molecule has 2 heterocycles. The van der Waals surface area contributed by atoms with E-state index in [0.717, 1.165) is 41.1 Å². The van der Waals surface area contributed by atoms with Crippen LogP contribution in [0.4, 0.5) is 4.39 Å². The van der Waals surface area contributed by atoms with Gasteiger partial charge in [0, 0.05) is 38.9 Å². The average molecular weight is 479 g/mol. The fourth-order valence-corrected chi connectivity index (χ4v) is 4.12. The molecule has 3 aromatic rings. The Kier molecular flexibility index (Phi) is 7.51. The number of oxime groups is 1. The van der Waals surface area contributed by atoms with Gasteiger partial charge in [-0.25, -0.2) is 9.37 Å². The van der Waals surface area contributed by atoms with Crippen LogP contribution in [-0.2, 0) is 15.3 Å². The van der Waals surface area contributed by atoms with E-state index in [1.807, 2.05) is 55.0 Å². The van der Waals surface area contributed by atoms with Gasteiger partial charge in [0.25, 0.3) is 0 Å². The van der Waals surface area contributed by atoms with Crippen LogP contribution in [0.2, 0.25) is 0 Å². The third-order valence-corrected chi connectivity index (χ3v) is 6.09. The predicted molar refractivity (Wildman–Crippen MR) is 134 cm³/mol. The lowest BCUT2D eigenvalue weighted by atomic mass is 10.0. The number of ether oxygens (including phenoxy) is 2. The number of rotatable bonds is 10. The first kappa shape index (κ1) is 24.5. The zero-order valence-corrected chi connectivity index (χ0v) is 20.6. The van der Waals surface area contributed by atoms with Gasteiger partial charge in [0.15, 0.2) is 5.84 Å². The molecule has 8 heteroatoms. The third-order valence-electron chi connectivity index (χ3n) is 6.09. The largest absolute Gasteiger partial charge is 0.495 e. The number of hydrogen-bond acceptors (Lipinski definition) is 6. The maximum Gasteiger partial charge on any atom is 0.234 e. The second-order valence-corrected chi connectivity index (χ2v) is 8.57. The number of imidazole rings is 1. The molecule has 1 aliphatic rings. The number of nitrogens with zero attached hydrogens (tertiary/aromatic N) is 4. The Morgan fingerprint density at radius 3 is 2.57 bits per heavy atom. The Bertz CT molecular complexity index is 1210. The first-order valence-corrected chi connectivity index (χ1v) is 11.6. The van der Waals surface area contributed by atoms with Crippen molar-refractivity contribution >= 4 is 11.9 Å². The summed E-state index contributed by atoms with van der Waals surface area (Å²) in [5.41, 5.74) is 2.81. The Morgan fingerprint density at radius 1 is 1.09 bits per heavy atom. The molecule has 0 saturated heterocycles. The van der Waals surface area contributed by atoms with E-state index in [1.54, 1.807) is 32.7 Å². The third kappa shape index (κ3) is 5.38. The van der Waals surface area contributed by atoms with E-state index in [9.17, 15) is 4.39 Å². The van der Waals surface area contributed by atoms with Crippen molar-refractivity contribution in [2.75, 3.05) is 27.4 Å². The summed E-state index contributed by atoms with van der Waals surface area (Å²) in [5, 5.41) is 4.38. The van der Waals surface area contributed by atoms with Gasteiger partial charge in [-0.3, -0.25) is 0 Å². The molecule has 0 N–H and O–H groups in total. The molecule has 0 amide bonds. The summed E-state index contributed by atoms with van der Waals surface area (Å²) in [4.78, 5) is 12.3. The van der Waals surface area contributed by atoms with E-state index >= 15 is 0 Å². The van der Waals surface area contributed by atoms with Crippen LogP contribution in [0, 0.1) is 12.7 Å². The van der Waals surface area contributed by atoms with Crippen molar-refractivity contribution < 1.29 is 18.7 Å². The molecule has 184 valence electrons. The lowest BCUT2D eigenvalue weighted by Gasteiger charge is -2.34. The number of unbranched alkanes of at least 4 members (excludes halogenated alkanes) is 1. The molecule has 0 bridgehead atoms. The number of methoxy groups -OCH3 is 2. The van der Waals surface area contributed by atoms with Gasteiger partial charge in [-0.1, -0.05) is 29.4 Å². The fourth-order valence-electron chi connectivity index (χ4n) is 4.12. The average Bonchev–Trinajstić information content (AvgIpc) is 3.44. The van der Waals surface area contributed by atoms with E-state index in [-0.39, 0.29) is 5.82 Å². The van der Waals surface area contributed by atoms with Crippen molar-refractivity contribution in [3.63, 3.8) is 0 Å². The van der Waals surface area contributed by atoms with Gasteiger partial charge in [0.1, 0.15) is 11.6 Å². The van der Waals surface area contributed by atoms with Crippen LogP contribution < -0.4 is 4.74 Å². The fraction of sp³-hybridized carbons (Fsp3) is 0.333.